The summed E-state index contributed by atoms with van der Waals surface area (Å²) in [5.74, 6) is 5.50. The number of hydrogen-bond donors (Lipinski definition) is 1. The van der Waals surface area contributed by atoms with E-state index < -0.39 is 0 Å². The van der Waals surface area contributed by atoms with Crippen molar-refractivity contribution in [1.29, 1.82) is 0 Å². The molecule has 4 nitrogen and oxygen atoms in total. The lowest BCUT2D eigenvalue weighted by molar-refractivity contribution is 0.0660. The van der Waals surface area contributed by atoms with Gasteiger partial charge in [0.15, 0.2) is 0 Å². The number of aliphatic hydroxyl groups is 1. The number of likely N-dealkylation sites (tertiary alicyclic amines) is 1. The van der Waals surface area contributed by atoms with E-state index in [0.29, 0.717) is 11.6 Å². The largest absolute Gasteiger partial charge is 0.384 e. The first-order valence-electron chi connectivity index (χ1n) is 6.75. The Balaban J connectivity index is 2.01. The fraction of sp³-hybridized carbons (Fsp3) is 0.533. The van der Waals surface area contributed by atoms with Crippen molar-refractivity contribution in [3.63, 3.8) is 0 Å². The fourth-order valence-corrected chi connectivity index (χ4v) is 3.14. The van der Waals surface area contributed by atoms with Crippen molar-refractivity contribution in [3.05, 3.63) is 21.9 Å². The maximum atomic E-state index is 12.4. The lowest BCUT2D eigenvalue weighted by Crippen LogP contribution is -2.44. The molecular weight excluding hydrogens is 272 g/mol. The van der Waals surface area contributed by atoms with Gasteiger partial charge in [0.2, 0.25) is 0 Å². The number of carbonyl (C=O) groups excluding carboxylic acids is 1. The van der Waals surface area contributed by atoms with Crippen LogP contribution in [-0.2, 0) is 0 Å². The first-order valence-corrected chi connectivity index (χ1v) is 7.63. The Morgan fingerprint density at radius 2 is 2.25 bits per heavy atom. The van der Waals surface area contributed by atoms with E-state index in [2.05, 4.69) is 23.8 Å². The number of hydrogen-bond acceptors (Lipinski definition) is 4. The average Bonchev–Trinajstić information content (AvgIpc) is 2.93. The standard InChI is InChI=1S/C15H20N2O2S/c1-16-7-5-13(6-8-16)17(2)15(19)12-10-14(20-11-12)4-3-9-18/h10-11,13,18H,5-9H2,1-2H3. The Kier molecular flexibility index (Phi) is 5.18. The first kappa shape index (κ1) is 15.0. The van der Waals surface area contributed by atoms with Crippen LogP contribution in [0.3, 0.4) is 0 Å². The van der Waals surface area contributed by atoms with E-state index in [0.717, 1.165) is 30.8 Å². The van der Waals surface area contributed by atoms with Crippen LogP contribution in [0.1, 0.15) is 28.1 Å². The summed E-state index contributed by atoms with van der Waals surface area (Å²) in [4.78, 5) is 17.4. The van der Waals surface area contributed by atoms with Crippen molar-refractivity contribution in [2.75, 3.05) is 33.8 Å². The van der Waals surface area contributed by atoms with Gasteiger partial charge in [0.05, 0.1) is 10.4 Å². The molecule has 0 saturated carbocycles. The van der Waals surface area contributed by atoms with E-state index in [1.165, 1.54) is 11.3 Å². The van der Waals surface area contributed by atoms with Gasteiger partial charge in [-0.15, -0.1) is 11.3 Å². The quantitative estimate of drug-likeness (QED) is 0.835. The zero-order valence-corrected chi connectivity index (χ0v) is 12.7. The van der Waals surface area contributed by atoms with Gasteiger partial charge >= 0.3 is 0 Å². The molecule has 1 aliphatic rings. The van der Waals surface area contributed by atoms with Crippen LogP contribution < -0.4 is 0 Å². The Morgan fingerprint density at radius 1 is 1.55 bits per heavy atom. The van der Waals surface area contributed by atoms with Gasteiger partial charge < -0.3 is 14.9 Å². The summed E-state index contributed by atoms with van der Waals surface area (Å²) in [6, 6.07) is 2.13. The van der Waals surface area contributed by atoms with Crippen molar-refractivity contribution < 1.29 is 9.90 Å². The molecule has 5 heteroatoms. The van der Waals surface area contributed by atoms with Crippen molar-refractivity contribution in [3.8, 4) is 11.8 Å². The molecule has 1 fully saturated rings. The molecule has 2 heterocycles. The molecule has 1 aliphatic heterocycles. The van der Waals surface area contributed by atoms with E-state index in [9.17, 15) is 4.79 Å². The van der Waals surface area contributed by atoms with Gasteiger partial charge in [-0.2, -0.15) is 0 Å². The minimum atomic E-state index is -0.156. The monoisotopic (exact) mass is 292 g/mol. The van der Waals surface area contributed by atoms with E-state index >= 15 is 0 Å². The van der Waals surface area contributed by atoms with E-state index in [1.807, 2.05) is 17.3 Å². The molecular formula is C15H20N2O2S. The molecule has 108 valence electrons. The van der Waals surface area contributed by atoms with Gasteiger partial charge in [-0.05, 0) is 39.0 Å². The summed E-state index contributed by atoms with van der Waals surface area (Å²) in [5, 5.41) is 10.5. The number of rotatable bonds is 2. The van der Waals surface area contributed by atoms with E-state index in [4.69, 9.17) is 5.11 Å². The van der Waals surface area contributed by atoms with Gasteiger partial charge in [0.25, 0.3) is 5.91 Å². The molecule has 0 atom stereocenters. The summed E-state index contributed by atoms with van der Waals surface area (Å²) in [7, 11) is 4.00. The normalized spacial score (nSPS) is 16.6. The third kappa shape index (κ3) is 3.60. The smallest absolute Gasteiger partial charge is 0.254 e. The summed E-state index contributed by atoms with van der Waals surface area (Å²) in [5.41, 5.74) is 0.693. The van der Waals surface area contributed by atoms with Gasteiger partial charge in [0.1, 0.15) is 6.61 Å². The maximum Gasteiger partial charge on any atom is 0.254 e. The molecule has 1 amide bonds. The van der Waals surface area contributed by atoms with E-state index in [1.54, 1.807) is 6.07 Å². The Hall–Kier alpha value is -1.35. The maximum absolute atomic E-state index is 12.4. The molecule has 1 aromatic heterocycles. The van der Waals surface area contributed by atoms with Gasteiger partial charge in [-0.25, -0.2) is 0 Å². The first-order chi connectivity index (χ1) is 9.61. The number of aliphatic hydroxyl groups excluding tert-OH is 1. The van der Waals surface area contributed by atoms with E-state index in [-0.39, 0.29) is 12.5 Å². The summed E-state index contributed by atoms with van der Waals surface area (Å²) in [6.45, 7) is 1.93. The highest BCUT2D eigenvalue weighted by Crippen LogP contribution is 2.19. The molecule has 1 aromatic rings. The fourth-order valence-electron chi connectivity index (χ4n) is 2.39. The second kappa shape index (κ2) is 6.89. The number of amides is 1. The summed E-state index contributed by atoms with van der Waals surface area (Å²) in [6.07, 6.45) is 2.06. The van der Waals surface area contributed by atoms with Crippen molar-refractivity contribution >= 4 is 17.2 Å². The lowest BCUT2D eigenvalue weighted by atomic mass is 10.0. The predicted molar refractivity (Wildman–Crippen MR) is 80.9 cm³/mol. The Bertz CT molecular complexity index is 521. The van der Waals surface area contributed by atoms with Crippen LogP contribution in [0, 0.1) is 11.8 Å². The van der Waals surface area contributed by atoms with Crippen LogP contribution in [0.25, 0.3) is 0 Å². The minimum Gasteiger partial charge on any atom is -0.384 e. The molecule has 0 unspecified atom stereocenters. The highest BCUT2D eigenvalue weighted by molar-refractivity contribution is 7.10. The van der Waals surface area contributed by atoms with Crippen molar-refractivity contribution in [2.45, 2.75) is 18.9 Å². The number of nitrogens with zero attached hydrogens (tertiary/aromatic N) is 2. The summed E-state index contributed by atoms with van der Waals surface area (Å²) >= 11 is 1.44. The van der Waals surface area contributed by atoms with Gasteiger partial charge in [-0.3, -0.25) is 4.79 Å². The third-order valence-electron chi connectivity index (χ3n) is 3.69. The molecule has 1 saturated heterocycles. The molecule has 0 aliphatic carbocycles. The van der Waals surface area contributed by atoms with Crippen LogP contribution in [-0.4, -0.2) is 60.6 Å². The van der Waals surface area contributed by atoms with Gasteiger partial charge in [-0.1, -0.05) is 11.8 Å². The molecule has 0 spiro atoms. The van der Waals surface area contributed by atoms with Crippen molar-refractivity contribution in [1.82, 2.24) is 9.80 Å². The van der Waals surface area contributed by atoms with Gasteiger partial charge in [0, 0.05) is 18.5 Å². The summed E-state index contributed by atoms with van der Waals surface area (Å²) < 4.78 is 0. The van der Waals surface area contributed by atoms with Crippen LogP contribution in [0.5, 0.6) is 0 Å². The third-order valence-corrected chi connectivity index (χ3v) is 4.54. The average molecular weight is 292 g/mol. The number of carbonyl (C=O) groups is 1. The molecule has 0 radical (unpaired) electrons. The zero-order chi connectivity index (χ0) is 14.5. The van der Waals surface area contributed by atoms with Crippen LogP contribution in [0.2, 0.25) is 0 Å². The molecule has 2 rings (SSSR count). The van der Waals surface area contributed by atoms with Crippen LogP contribution >= 0.6 is 11.3 Å². The Labute approximate surface area is 124 Å². The number of piperidine rings is 1. The molecule has 0 bridgehead atoms. The lowest BCUT2D eigenvalue weighted by Gasteiger charge is -2.35. The molecule has 20 heavy (non-hydrogen) atoms. The van der Waals surface area contributed by atoms with Crippen molar-refractivity contribution in [2.24, 2.45) is 0 Å². The topological polar surface area (TPSA) is 43.8 Å². The Morgan fingerprint density at radius 3 is 2.90 bits per heavy atom. The van der Waals surface area contributed by atoms with Crippen LogP contribution in [0.15, 0.2) is 11.4 Å². The predicted octanol–water partition coefficient (Wildman–Crippen LogP) is 1.26. The highest BCUT2D eigenvalue weighted by Gasteiger charge is 2.25. The molecule has 0 aromatic carbocycles. The molecule has 1 N–H and O–H groups in total. The van der Waals surface area contributed by atoms with Crippen LogP contribution in [0.4, 0.5) is 0 Å². The zero-order valence-electron chi connectivity index (χ0n) is 11.9. The second-order valence-electron chi connectivity index (χ2n) is 5.11. The highest BCUT2D eigenvalue weighted by atomic mass is 32.1. The SMILES string of the molecule is CN1CCC(N(C)C(=O)c2csc(C#CCO)c2)CC1. The second-order valence-corrected chi connectivity index (χ2v) is 6.02. The minimum absolute atomic E-state index is 0.0628. The number of thiophene rings is 1.